The number of hydrogen-bond donors (Lipinski definition) is 2. The summed E-state index contributed by atoms with van der Waals surface area (Å²) < 4.78 is 0. The van der Waals surface area contributed by atoms with Gasteiger partial charge in [-0.1, -0.05) is 19.3 Å². The van der Waals surface area contributed by atoms with Gasteiger partial charge in [-0.25, -0.2) is 0 Å². The Labute approximate surface area is 110 Å². The van der Waals surface area contributed by atoms with Crippen LogP contribution in [0.15, 0.2) is 0 Å². The van der Waals surface area contributed by atoms with Crippen LogP contribution in [0.4, 0.5) is 0 Å². The first-order chi connectivity index (χ1) is 8.67. The zero-order chi connectivity index (χ0) is 13.0. The van der Waals surface area contributed by atoms with Crippen LogP contribution < -0.4 is 5.32 Å². The first-order valence-electron chi connectivity index (χ1n) is 7.24. The van der Waals surface area contributed by atoms with Crippen molar-refractivity contribution in [1.82, 2.24) is 10.2 Å². The van der Waals surface area contributed by atoms with Gasteiger partial charge in [0.15, 0.2) is 0 Å². The van der Waals surface area contributed by atoms with Crippen LogP contribution in [0.1, 0.15) is 44.9 Å². The summed E-state index contributed by atoms with van der Waals surface area (Å²) in [6.45, 7) is 1.43. The predicted molar refractivity (Wildman–Crippen MR) is 71.3 cm³/mol. The second-order valence-electron chi connectivity index (χ2n) is 6.06. The van der Waals surface area contributed by atoms with Crippen molar-refractivity contribution in [2.24, 2.45) is 5.41 Å². The number of carbonyl (C=O) groups excluding carboxylic acids is 1. The minimum absolute atomic E-state index is 0.0245. The maximum absolute atomic E-state index is 11.9. The topological polar surface area (TPSA) is 52.6 Å². The Morgan fingerprint density at radius 3 is 2.56 bits per heavy atom. The highest BCUT2D eigenvalue weighted by Gasteiger charge is 2.32. The van der Waals surface area contributed by atoms with Crippen LogP contribution in [0.3, 0.4) is 0 Å². The van der Waals surface area contributed by atoms with Gasteiger partial charge in [0.05, 0.1) is 6.54 Å². The molecule has 0 aromatic carbocycles. The minimum atomic E-state index is 0.0245. The van der Waals surface area contributed by atoms with E-state index in [4.69, 9.17) is 0 Å². The normalized spacial score (nSPS) is 22.8. The summed E-state index contributed by atoms with van der Waals surface area (Å²) in [4.78, 5) is 13.7. The third-order valence-electron chi connectivity index (χ3n) is 4.51. The Balaban J connectivity index is 1.71. The van der Waals surface area contributed by atoms with Crippen LogP contribution in [-0.2, 0) is 4.79 Å². The van der Waals surface area contributed by atoms with E-state index in [0.29, 0.717) is 12.6 Å². The molecule has 1 amide bonds. The summed E-state index contributed by atoms with van der Waals surface area (Å²) in [6.07, 6.45) is 8.18. The number of amides is 1. The van der Waals surface area contributed by atoms with Crippen LogP contribution in [-0.4, -0.2) is 48.7 Å². The van der Waals surface area contributed by atoms with Gasteiger partial charge in [0.2, 0.25) is 5.91 Å². The second-order valence-corrected chi connectivity index (χ2v) is 6.06. The van der Waals surface area contributed by atoms with Crippen LogP contribution in [0.5, 0.6) is 0 Å². The van der Waals surface area contributed by atoms with E-state index in [1.807, 2.05) is 11.9 Å². The van der Waals surface area contributed by atoms with E-state index in [-0.39, 0.29) is 17.9 Å². The van der Waals surface area contributed by atoms with Gasteiger partial charge in [-0.2, -0.15) is 0 Å². The molecule has 0 radical (unpaired) electrons. The van der Waals surface area contributed by atoms with E-state index in [9.17, 15) is 9.90 Å². The van der Waals surface area contributed by atoms with Crippen molar-refractivity contribution >= 4 is 5.91 Å². The maximum atomic E-state index is 11.9. The molecule has 0 unspecified atom stereocenters. The molecule has 2 saturated carbocycles. The molecule has 2 aliphatic rings. The van der Waals surface area contributed by atoms with Crippen LogP contribution in [0.25, 0.3) is 0 Å². The molecule has 0 saturated heterocycles. The summed E-state index contributed by atoms with van der Waals surface area (Å²) in [5.41, 5.74) is 0.0245. The molecule has 2 aliphatic carbocycles. The minimum Gasteiger partial charge on any atom is -0.396 e. The average Bonchev–Trinajstić information content (AvgIpc) is 3.23. The number of aliphatic hydroxyl groups excluding tert-OH is 1. The zero-order valence-corrected chi connectivity index (χ0v) is 11.5. The molecular formula is C14H26N2O2. The number of rotatable bonds is 6. The highest BCUT2D eigenvalue weighted by atomic mass is 16.3. The molecule has 0 atom stereocenters. The van der Waals surface area contributed by atoms with E-state index >= 15 is 0 Å². The lowest BCUT2D eigenvalue weighted by atomic mass is 9.74. The molecular weight excluding hydrogens is 228 g/mol. The fraction of sp³-hybridized carbons (Fsp3) is 0.929. The average molecular weight is 254 g/mol. The maximum Gasteiger partial charge on any atom is 0.236 e. The van der Waals surface area contributed by atoms with Crippen molar-refractivity contribution in [1.29, 1.82) is 0 Å². The summed E-state index contributed by atoms with van der Waals surface area (Å²) in [7, 11) is 1.89. The molecule has 18 heavy (non-hydrogen) atoms. The highest BCUT2D eigenvalue weighted by Crippen LogP contribution is 2.35. The molecule has 0 aromatic rings. The molecule has 2 fully saturated rings. The lowest BCUT2D eigenvalue weighted by Gasteiger charge is -2.35. The fourth-order valence-electron chi connectivity index (χ4n) is 2.92. The second kappa shape index (κ2) is 6.02. The smallest absolute Gasteiger partial charge is 0.236 e. The number of hydrogen-bond acceptors (Lipinski definition) is 3. The molecule has 4 heteroatoms. The van der Waals surface area contributed by atoms with Crippen LogP contribution in [0, 0.1) is 5.41 Å². The lowest BCUT2D eigenvalue weighted by molar-refractivity contribution is -0.129. The number of nitrogens with zero attached hydrogens (tertiary/aromatic N) is 1. The predicted octanol–water partition coefficient (Wildman–Crippen LogP) is 1.14. The zero-order valence-electron chi connectivity index (χ0n) is 11.5. The van der Waals surface area contributed by atoms with Crippen molar-refractivity contribution < 1.29 is 9.90 Å². The van der Waals surface area contributed by atoms with Crippen molar-refractivity contribution in [3.8, 4) is 0 Å². The third kappa shape index (κ3) is 3.45. The standard InChI is InChI=1S/C14H26N2O2/c1-16(12-5-6-12)13(18)9-15-10-14(11-17)7-3-2-4-8-14/h12,15,17H,2-11H2,1H3. The number of likely N-dealkylation sites (N-methyl/N-ethyl adjacent to an activating group) is 1. The van der Waals surface area contributed by atoms with Gasteiger partial charge in [-0.05, 0) is 25.7 Å². The molecule has 2 N–H and O–H groups in total. The molecule has 104 valence electrons. The van der Waals surface area contributed by atoms with E-state index in [1.165, 1.54) is 19.3 Å². The fourth-order valence-corrected chi connectivity index (χ4v) is 2.92. The van der Waals surface area contributed by atoms with E-state index in [2.05, 4.69) is 5.32 Å². The molecule has 4 nitrogen and oxygen atoms in total. The van der Waals surface area contributed by atoms with Crippen LogP contribution >= 0.6 is 0 Å². The summed E-state index contributed by atoms with van der Waals surface area (Å²) in [5.74, 6) is 0.182. The van der Waals surface area contributed by atoms with Crippen molar-refractivity contribution in [3.63, 3.8) is 0 Å². The summed E-state index contributed by atoms with van der Waals surface area (Å²) in [5, 5.41) is 12.8. The van der Waals surface area contributed by atoms with Gasteiger partial charge in [0.25, 0.3) is 0 Å². The van der Waals surface area contributed by atoms with Crippen molar-refractivity contribution in [2.45, 2.75) is 51.0 Å². The number of carbonyl (C=O) groups is 1. The summed E-state index contributed by atoms with van der Waals surface area (Å²) in [6, 6.07) is 0.487. The van der Waals surface area contributed by atoms with E-state index in [0.717, 1.165) is 32.2 Å². The lowest BCUT2D eigenvalue weighted by Crippen LogP contribution is -2.43. The van der Waals surface area contributed by atoms with Gasteiger partial charge in [0, 0.05) is 31.7 Å². The summed E-state index contributed by atoms with van der Waals surface area (Å²) >= 11 is 0. The Morgan fingerprint density at radius 2 is 2.00 bits per heavy atom. The Hall–Kier alpha value is -0.610. The quantitative estimate of drug-likeness (QED) is 0.747. The van der Waals surface area contributed by atoms with Gasteiger partial charge >= 0.3 is 0 Å². The highest BCUT2D eigenvalue weighted by molar-refractivity contribution is 5.78. The Bertz CT molecular complexity index is 284. The van der Waals surface area contributed by atoms with Crippen molar-refractivity contribution in [3.05, 3.63) is 0 Å². The SMILES string of the molecule is CN(C(=O)CNCC1(CO)CCCCC1)C1CC1. The van der Waals surface area contributed by atoms with Gasteiger partial charge in [0.1, 0.15) is 0 Å². The monoisotopic (exact) mass is 254 g/mol. The Morgan fingerprint density at radius 1 is 1.33 bits per heavy atom. The van der Waals surface area contributed by atoms with Gasteiger partial charge in [-0.3, -0.25) is 4.79 Å². The molecule has 0 aromatic heterocycles. The molecule has 2 rings (SSSR count). The largest absolute Gasteiger partial charge is 0.396 e. The van der Waals surface area contributed by atoms with Crippen LogP contribution in [0.2, 0.25) is 0 Å². The molecule has 0 heterocycles. The first-order valence-corrected chi connectivity index (χ1v) is 7.24. The van der Waals surface area contributed by atoms with E-state index in [1.54, 1.807) is 0 Å². The third-order valence-corrected chi connectivity index (χ3v) is 4.51. The molecule has 0 spiro atoms. The van der Waals surface area contributed by atoms with E-state index < -0.39 is 0 Å². The van der Waals surface area contributed by atoms with Gasteiger partial charge in [-0.15, -0.1) is 0 Å². The number of nitrogens with one attached hydrogen (secondary N) is 1. The van der Waals surface area contributed by atoms with Gasteiger partial charge < -0.3 is 15.3 Å². The van der Waals surface area contributed by atoms with Crippen molar-refractivity contribution in [2.75, 3.05) is 26.7 Å². The Kier molecular flexibility index (Phi) is 4.62. The number of aliphatic hydroxyl groups is 1. The molecule has 0 bridgehead atoms. The molecule has 0 aliphatic heterocycles. The first kappa shape index (κ1) is 13.8.